The molecule has 98 valence electrons. The van der Waals surface area contributed by atoms with E-state index in [-0.39, 0.29) is 0 Å². The molecule has 2 nitrogen and oxygen atoms in total. The highest BCUT2D eigenvalue weighted by atomic mass is 15.3. The van der Waals surface area contributed by atoms with Crippen molar-refractivity contribution >= 4 is 5.82 Å². The van der Waals surface area contributed by atoms with Crippen LogP contribution in [0.4, 0.5) is 5.82 Å². The molecule has 2 fully saturated rings. The van der Waals surface area contributed by atoms with E-state index in [1.807, 2.05) is 12.3 Å². The van der Waals surface area contributed by atoms with Crippen molar-refractivity contribution in [3.8, 4) is 0 Å². The smallest absolute Gasteiger partial charge is 0.128 e. The minimum atomic E-state index is 0.628. The molecule has 0 atom stereocenters. The maximum atomic E-state index is 4.45. The fraction of sp³-hybridized carbons (Fsp3) is 0.688. The van der Waals surface area contributed by atoms with E-state index in [0.29, 0.717) is 5.41 Å². The Morgan fingerprint density at radius 3 is 2.50 bits per heavy atom. The highest BCUT2D eigenvalue weighted by Gasteiger charge is 2.45. The normalized spacial score (nSPS) is 23.4. The Balaban J connectivity index is 1.56. The third kappa shape index (κ3) is 2.13. The number of aromatic nitrogens is 1. The second-order valence-corrected chi connectivity index (χ2v) is 6.63. The van der Waals surface area contributed by atoms with Crippen molar-refractivity contribution in [3.63, 3.8) is 0 Å². The molecule has 2 heteroatoms. The molecule has 1 aromatic rings. The fourth-order valence-corrected chi connectivity index (χ4v) is 3.70. The van der Waals surface area contributed by atoms with Crippen molar-refractivity contribution in [1.29, 1.82) is 0 Å². The Morgan fingerprint density at radius 1 is 1.22 bits per heavy atom. The maximum absolute atomic E-state index is 4.45. The Hall–Kier alpha value is -1.05. The maximum Gasteiger partial charge on any atom is 0.128 e. The molecule has 1 aliphatic carbocycles. The van der Waals surface area contributed by atoms with Crippen LogP contribution in [-0.4, -0.2) is 18.1 Å². The van der Waals surface area contributed by atoms with Crippen molar-refractivity contribution in [1.82, 2.24) is 4.98 Å². The van der Waals surface area contributed by atoms with E-state index in [1.54, 1.807) is 0 Å². The molecule has 1 saturated heterocycles. The van der Waals surface area contributed by atoms with Crippen LogP contribution in [0.3, 0.4) is 0 Å². The first-order valence-corrected chi connectivity index (χ1v) is 7.35. The van der Waals surface area contributed by atoms with Gasteiger partial charge in [-0.25, -0.2) is 4.98 Å². The first kappa shape index (κ1) is 12.0. The van der Waals surface area contributed by atoms with Crippen molar-refractivity contribution < 1.29 is 0 Å². The molecular formula is C16H24N2. The van der Waals surface area contributed by atoms with Gasteiger partial charge in [0.05, 0.1) is 0 Å². The summed E-state index contributed by atoms with van der Waals surface area (Å²) in [5.41, 5.74) is 0.628. The minimum Gasteiger partial charge on any atom is -0.355 e. The molecule has 0 unspecified atom stereocenters. The zero-order valence-electron chi connectivity index (χ0n) is 11.6. The number of anilines is 1. The molecule has 0 radical (unpaired) electrons. The molecule has 1 aromatic heterocycles. The molecule has 1 spiro atoms. The van der Waals surface area contributed by atoms with Crippen molar-refractivity contribution in [2.45, 2.75) is 39.5 Å². The highest BCUT2D eigenvalue weighted by molar-refractivity contribution is 5.42. The molecule has 1 aliphatic heterocycles. The van der Waals surface area contributed by atoms with Crippen LogP contribution in [0.15, 0.2) is 24.4 Å². The molecule has 0 bridgehead atoms. The van der Waals surface area contributed by atoms with Crippen LogP contribution in [0.25, 0.3) is 0 Å². The second-order valence-electron chi connectivity index (χ2n) is 6.63. The quantitative estimate of drug-likeness (QED) is 0.788. The Morgan fingerprint density at radius 2 is 1.94 bits per heavy atom. The number of hydrogen-bond acceptors (Lipinski definition) is 2. The lowest BCUT2D eigenvalue weighted by molar-refractivity contribution is 0.0926. The third-order valence-corrected chi connectivity index (χ3v) is 5.06. The second kappa shape index (κ2) is 4.56. The predicted octanol–water partition coefficient (Wildman–Crippen LogP) is 3.73. The van der Waals surface area contributed by atoms with E-state index in [9.17, 15) is 0 Å². The standard InChI is InChI=1S/C16H24N2/c1-13(2)14-6-8-16(9-7-14)11-18(12-16)15-5-3-4-10-17-15/h3-5,10,13-14H,6-9,11-12H2,1-2H3. The topological polar surface area (TPSA) is 16.1 Å². The van der Waals surface area contributed by atoms with Gasteiger partial charge in [0.25, 0.3) is 0 Å². The molecule has 0 aromatic carbocycles. The molecule has 3 rings (SSSR count). The Kier molecular flexibility index (Phi) is 3.04. The molecule has 0 amide bonds. The number of pyridine rings is 1. The monoisotopic (exact) mass is 244 g/mol. The van der Waals surface area contributed by atoms with Gasteiger partial charge in [-0.15, -0.1) is 0 Å². The summed E-state index contributed by atoms with van der Waals surface area (Å²) in [6.07, 6.45) is 7.63. The van der Waals surface area contributed by atoms with Gasteiger partial charge < -0.3 is 4.90 Å². The SMILES string of the molecule is CC(C)C1CCC2(CC1)CN(c1ccccn1)C2. The summed E-state index contributed by atoms with van der Waals surface area (Å²) in [5, 5.41) is 0. The summed E-state index contributed by atoms with van der Waals surface area (Å²) < 4.78 is 0. The van der Waals surface area contributed by atoms with Crippen molar-refractivity contribution in [2.24, 2.45) is 17.3 Å². The van der Waals surface area contributed by atoms with Crippen LogP contribution in [0.2, 0.25) is 0 Å². The van der Waals surface area contributed by atoms with Crippen LogP contribution in [0.1, 0.15) is 39.5 Å². The van der Waals surface area contributed by atoms with Gasteiger partial charge in [0.15, 0.2) is 0 Å². The highest BCUT2D eigenvalue weighted by Crippen LogP contribution is 2.47. The van der Waals surface area contributed by atoms with Crippen LogP contribution in [0.5, 0.6) is 0 Å². The summed E-state index contributed by atoms with van der Waals surface area (Å²) in [7, 11) is 0. The van der Waals surface area contributed by atoms with Gasteiger partial charge >= 0.3 is 0 Å². The van der Waals surface area contributed by atoms with Gasteiger partial charge in [-0.1, -0.05) is 19.9 Å². The summed E-state index contributed by atoms with van der Waals surface area (Å²) >= 11 is 0. The molecule has 0 N–H and O–H groups in total. The molecule has 1 saturated carbocycles. The van der Waals surface area contributed by atoms with Gasteiger partial charge in [-0.05, 0) is 49.7 Å². The molecule has 2 aliphatic rings. The van der Waals surface area contributed by atoms with E-state index in [2.05, 4.69) is 35.9 Å². The Labute approximate surface area is 110 Å². The van der Waals surface area contributed by atoms with E-state index >= 15 is 0 Å². The van der Waals surface area contributed by atoms with Crippen LogP contribution in [-0.2, 0) is 0 Å². The fourth-order valence-electron chi connectivity index (χ4n) is 3.70. The Bertz CT molecular complexity index is 383. The summed E-state index contributed by atoms with van der Waals surface area (Å²) in [6, 6.07) is 6.21. The lowest BCUT2D eigenvalue weighted by Crippen LogP contribution is -2.58. The lowest BCUT2D eigenvalue weighted by Gasteiger charge is -2.54. The molecule has 18 heavy (non-hydrogen) atoms. The van der Waals surface area contributed by atoms with Gasteiger partial charge in [0.2, 0.25) is 0 Å². The van der Waals surface area contributed by atoms with Crippen molar-refractivity contribution in [3.05, 3.63) is 24.4 Å². The van der Waals surface area contributed by atoms with Crippen molar-refractivity contribution in [2.75, 3.05) is 18.0 Å². The third-order valence-electron chi connectivity index (χ3n) is 5.06. The molecular weight excluding hydrogens is 220 g/mol. The molecule has 2 heterocycles. The van der Waals surface area contributed by atoms with E-state index in [4.69, 9.17) is 0 Å². The van der Waals surface area contributed by atoms with Gasteiger partial charge in [-0.3, -0.25) is 0 Å². The number of nitrogens with zero attached hydrogens (tertiary/aromatic N) is 2. The van der Waals surface area contributed by atoms with Crippen LogP contribution < -0.4 is 4.90 Å². The van der Waals surface area contributed by atoms with Gasteiger partial charge in [0, 0.05) is 24.7 Å². The lowest BCUT2D eigenvalue weighted by atomic mass is 9.64. The number of hydrogen-bond donors (Lipinski definition) is 0. The zero-order chi connectivity index (χ0) is 12.6. The average Bonchev–Trinajstić information content (AvgIpc) is 2.37. The average molecular weight is 244 g/mol. The van der Waals surface area contributed by atoms with Gasteiger partial charge in [-0.2, -0.15) is 0 Å². The first-order valence-electron chi connectivity index (χ1n) is 7.35. The summed E-state index contributed by atoms with van der Waals surface area (Å²) in [5.74, 6) is 3.00. The first-order chi connectivity index (χ1) is 8.69. The number of rotatable bonds is 2. The largest absolute Gasteiger partial charge is 0.355 e. The zero-order valence-corrected chi connectivity index (χ0v) is 11.6. The van der Waals surface area contributed by atoms with E-state index in [1.165, 1.54) is 38.8 Å². The van der Waals surface area contributed by atoms with Gasteiger partial charge in [0.1, 0.15) is 5.82 Å². The van der Waals surface area contributed by atoms with Crippen LogP contribution >= 0.6 is 0 Å². The van der Waals surface area contributed by atoms with E-state index < -0.39 is 0 Å². The summed E-state index contributed by atoms with van der Waals surface area (Å²) in [6.45, 7) is 7.22. The summed E-state index contributed by atoms with van der Waals surface area (Å²) in [4.78, 5) is 6.89. The minimum absolute atomic E-state index is 0.628. The predicted molar refractivity (Wildman–Crippen MR) is 75.7 cm³/mol. The van der Waals surface area contributed by atoms with E-state index in [0.717, 1.165) is 17.7 Å². The van der Waals surface area contributed by atoms with Crippen LogP contribution in [0, 0.1) is 17.3 Å².